The van der Waals surface area contributed by atoms with Crippen LogP contribution in [0, 0.1) is 5.92 Å². The summed E-state index contributed by atoms with van der Waals surface area (Å²) < 4.78 is 0. The molecule has 1 aromatic heterocycles. The van der Waals surface area contributed by atoms with Crippen molar-refractivity contribution in [3.8, 4) is 0 Å². The van der Waals surface area contributed by atoms with Gasteiger partial charge in [-0.25, -0.2) is 9.97 Å². The van der Waals surface area contributed by atoms with E-state index in [-0.39, 0.29) is 6.10 Å². The minimum atomic E-state index is -0.270. The number of aliphatic hydroxyl groups excluding tert-OH is 1. The highest BCUT2D eigenvalue weighted by atomic mass is 16.3. The fourth-order valence-corrected chi connectivity index (χ4v) is 2.38. The summed E-state index contributed by atoms with van der Waals surface area (Å²) in [4.78, 5) is 10.9. The van der Waals surface area contributed by atoms with Gasteiger partial charge >= 0.3 is 0 Å². The lowest BCUT2D eigenvalue weighted by Crippen LogP contribution is -2.43. The summed E-state index contributed by atoms with van der Waals surface area (Å²) in [6.07, 6.45) is 7.10. The standard InChI is InChI=1S/C14H22N4O/c1-10-4-5-18(9-13(10)19)14-16-7-11(8-17-14)6-15-12-2-3-12/h7-8,10,12-13,15,19H,2-6,9H2,1H3. The number of rotatable bonds is 4. The highest BCUT2D eigenvalue weighted by molar-refractivity contribution is 5.31. The van der Waals surface area contributed by atoms with Crippen LogP contribution in [0.3, 0.4) is 0 Å². The molecular formula is C14H22N4O. The second kappa shape index (κ2) is 5.43. The molecule has 0 aromatic carbocycles. The number of hydrogen-bond donors (Lipinski definition) is 2. The van der Waals surface area contributed by atoms with Gasteiger partial charge in [0.2, 0.25) is 5.95 Å². The first-order valence-electron chi connectivity index (χ1n) is 7.19. The van der Waals surface area contributed by atoms with Gasteiger partial charge in [0.15, 0.2) is 0 Å². The van der Waals surface area contributed by atoms with E-state index in [4.69, 9.17) is 0 Å². The SMILES string of the molecule is CC1CCN(c2ncc(CNC3CC3)cn2)CC1O. The van der Waals surface area contributed by atoms with Gasteiger partial charge in [0.1, 0.15) is 0 Å². The second-order valence-electron chi connectivity index (χ2n) is 5.83. The summed E-state index contributed by atoms with van der Waals surface area (Å²) in [7, 11) is 0. The average molecular weight is 262 g/mol. The molecule has 2 heterocycles. The van der Waals surface area contributed by atoms with Crippen LogP contribution < -0.4 is 10.2 Å². The third-order valence-electron chi connectivity index (χ3n) is 4.07. The van der Waals surface area contributed by atoms with E-state index in [1.807, 2.05) is 12.4 Å². The second-order valence-corrected chi connectivity index (χ2v) is 5.83. The Hall–Kier alpha value is -1.20. The van der Waals surface area contributed by atoms with Crippen LogP contribution in [0.4, 0.5) is 5.95 Å². The van der Waals surface area contributed by atoms with Gasteiger partial charge in [-0.05, 0) is 25.2 Å². The first kappa shape index (κ1) is 12.8. The summed E-state index contributed by atoms with van der Waals surface area (Å²) in [5.74, 6) is 1.11. The van der Waals surface area contributed by atoms with Crippen LogP contribution in [0.25, 0.3) is 0 Å². The molecule has 19 heavy (non-hydrogen) atoms. The minimum absolute atomic E-state index is 0.270. The fraction of sp³-hybridized carbons (Fsp3) is 0.714. The van der Waals surface area contributed by atoms with E-state index in [1.54, 1.807) is 0 Å². The quantitative estimate of drug-likeness (QED) is 0.845. The lowest BCUT2D eigenvalue weighted by atomic mass is 9.96. The third kappa shape index (κ3) is 3.22. The molecular weight excluding hydrogens is 240 g/mol. The zero-order chi connectivity index (χ0) is 13.2. The number of hydrogen-bond acceptors (Lipinski definition) is 5. The Morgan fingerprint density at radius 3 is 2.68 bits per heavy atom. The maximum atomic E-state index is 9.91. The number of β-amino-alcohol motifs (C(OH)–C–C–N with tert-alkyl or cyclic N) is 1. The Balaban J connectivity index is 1.58. The minimum Gasteiger partial charge on any atom is -0.391 e. The molecule has 0 amide bonds. The van der Waals surface area contributed by atoms with Gasteiger partial charge in [-0.3, -0.25) is 0 Å². The van der Waals surface area contributed by atoms with Gasteiger partial charge in [-0.2, -0.15) is 0 Å². The van der Waals surface area contributed by atoms with Gasteiger partial charge in [0, 0.05) is 43.6 Å². The number of anilines is 1. The summed E-state index contributed by atoms with van der Waals surface area (Å²) in [5.41, 5.74) is 1.13. The van der Waals surface area contributed by atoms with E-state index < -0.39 is 0 Å². The number of aromatic nitrogens is 2. The Morgan fingerprint density at radius 1 is 1.32 bits per heavy atom. The average Bonchev–Trinajstić information content (AvgIpc) is 3.24. The van der Waals surface area contributed by atoms with Crippen LogP contribution >= 0.6 is 0 Å². The number of nitrogens with zero attached hydrogens (tertiary/aromatic N) is 3. The highest BCUT2D eigenvalue weighted by Gasteiger charge is 2.25. The van der Waals surface area contributed by atoms with Crippen LogP contribution in [0.1, 0.15) is 31.7 Å². The van der Waals surface area contributed by atoms with Crippen molar-refractivity contribution in [2.24, 2.45) is 5.92 Å². The summed E-state index contributed by atoms with van der Waals surface area (Å²) in [6.45, 7) is 4.51. The van der Waals surface area contributed by atoms with Gasteiger partial charge in [0.25, 0.3) is 0 Å². The van der Waals surface area contributed by atoms with Gasteiger partial charge in [-0.15, -0.1) is 0 Å². The van der Waals surface area contributed by atoms with Crippen molar-refractivity contribution in [2.45, 2.75) is 44.9 Å². The molecule has 1 aliphatic carbocycles. The maximum Gasteiger partial charge on any atom is 0.225 e. The maximum absolute atomic E-state index is 9.91. The molecule has 0 bridgehead atoms. The molecule has 1 aromatic rings. The predicted octanol–water partition coefficient (Wildman–Crippen LogP) is 0.936. The van der Waals surface area contributed by atoms with Crippen LogP contribution in [-0.4, -0.2) is 40.3 Å². The van der Waals surface area contributed by atoms with Crippen molar-refractivity contribution in [2.75, 3.05) is 18.0 Å². The molecule has 2 aliphatic rings. The van der Waals surface area contributed by atoms with E-state index in [9.17, 15) is 5.11 Å². The van der Waals surface area contributed by atoms with Crippen molar-refractivity contribution < 1.29 is 5.11 Å². The molecule has 0 radical (unpaired) electrons. The van der Waals surface area contributed by atoms with Crippen molar-refractivity contribution in [1.82, 2.24) is 15.3 Å². The van der Waals surface area contributed by atoms with Crippen LogP contribution in [0.5, 0.6) is 0 Å². The normalized spacial score (nSPS) is 27.6. The van der Waals surface area contributed by atoms with Crippen molar-refractivity contribution >= 4 is 5.95 Å². The van der Waals surface area contributed by atoms with Crippen LogP contribution in [-0.2, 0) is 6.54 Å². The Kier molecular flexibility index (Phi) is 3.66. The monoisotopic (exact) mass is 262 g/mol. The van der Waals surface area contributed by atoms with Crippen LogP contribution in [0.2, 0.25) is 0 Å². The van der Waals surface area contributed by atoms with Gasteiger partial charge < -0.3 is 15.3 Å². The van der Waals surface area contributed by atoms with Crippen molar-refractivity contribution in [3.63, 3.8) is 0 Å². The first-order valence-corrected chi connectivity index (χ1v) is 7.19. The largest absolute Gasteiger partial charge is 0.391 e. The van der Waals surface area contributed by atoms with Crippen molar-refractivity contribution in [1.29, 1.82) is 0 Å². The first-order chi connectivity index (χ1) is 9.22. The molecule has 5 heteroatoms. The molecule has 3 rings (SSSR count). The molecule has 1 aliphatic heterocycles. The predicted molar refractivity (Wildman–Crippen MR) is 73.9 cm³/mol. The van der Waals surface area contributed by atoms with E-state index in [0.717, 1.165) is 31.0 Å². The molecule has 1 saturated carbocycles. The lowest BCUT2D eigenvalue weighted by Gasteiger charge is -2.34. The van der Waals surface area contributed by atoms with E-state index in [0.29, 0.717) is 18.5 Å². The molecule has 2 atom stereocenters. The summed E-state index contributed by atoms with van der Waals surface area (Å²) in [5, 5.41) is 13.4. The zero-order valence-electron chi connectivity index (χ0n) is 11.4. The molecule has 2 unspecified atom stereocenters. The number of piperidine rings is 1. The molecule has 1 saturated heterocycles. The van der Waals surface area contributed by atoms with E-state index in [2.05, 4.69) is 27.1 Å². The Morgan fingerprint density at radius 2 is 2.05 bits per heavy atom. The van der Waals surface area contributed by atoms with E-state index in [1.165, 1.54) is 12.8 Å². The van der Waals surface area contributed by atoms with Crippen LogP contribution in [0.15, 0.2) is 12.4 Å². The van der Waals surface area contributed by atoms with Crippen molar-refractivity contribution in [3.05, 3.63) is 18.0 Å². The number of aliphatic hydroxyl groups is 1. The topological polar surface area (TPSA) is 61.3 Å². The fourth-order valence-electron chi connectivity index (χ4n) is 2.38. The third-order valence-corrected chi connectivity index (χ3v) is 4.07. The summed E-state index contributed by atoms with van der Waals surface area (Å²) >= 11 is 0. The smallest absolute Gasteiger partial charge is 0.225 e. The molecule has 2 fully saturated rings. The van der Waals surface area contributed by atoms with E-state index >= 15 is 0 Å². The molecule has 2 N–H and O–H groups in total. The molecule has 0 spiro atoms. The Bertz CT molecular complexity index is 418. The Labute approximate surface area is 114 Å². The highest BCUT2D eigenvalue weighted by Crippen LogP contribution is 2.21. The number of nitrogens with one attached hydrogen (secondary N) is 1. The molecule has 104 valence electrons. The zero-order valence-corrected chi connectivity index (χ0v) is 11.4. The van der Waals surface area contributed by atoms with Gasteiger partial charge in [0.05, 0.1) is 6.10 Å². The lowest BCUT2D eigenvalue weighted by molar-refractivity contribution is 0.102. The van der Waals surface area contributed by atoms with Gasteiger partial charge in [-0.1, -0.05) is 6.92 Å². The summed E-state index contributed by atoms with van der Waals surface area (Å²) in [6, 6.07) is 0.707. The molecule has 5 nitrogen and oxygen atoms in total.